The van der Waals surface area contributed by atoms with E-state index in [0.29, 0.717) is 0 Å². The first-order valence-corrected chi connectivity index (χ1v) is 3.17. The molecule has 0 N–H and O–H groups in total. The molecule has 0 unspecified atom stereocenters. The number of nitriles is 2. The van der Waals surface area contributed by atoms with Gasteiger partial charge in [-0.3, -0.25) is 0 Å². The van der Waals surface area contributed by atoms with Crippen molar-refractivity contribution in [1.29, 1.82) is 10.5 Å². The van der Waals surface area contributed by atoms with Crippen molar-refractivity contribution in [2.24, 2.45) is 0 Å². The van der Waals surface area contributed by atoms with Gasteiger partial charge in [-0.05, 0) is 6.44 Å². The highest BCUT2D eigenvalue weighted by atomic mass is 19.4. The molecule has 0 radical (unpaired) electrons. The van der Waals surface area contributed by atoms with Crippen LogP contribution in [0.2, 0.25) is 0 Å². The van der Waals surface area contributed by atoms with Gasteiger partial charge in [-0.15, -0.1) is 0 Å². The standard InChI is InChI=1S/C5H6BF3N3/c7-6(8,9)5-12(3-1-10)4-2-11/h3-5H2/q-1. The zero-order valence-electron chi connectivity index (χ0n) is 6.17. The second kappa shape index (κ2) is 4.63. The van der Waals surface area contributed by atoms with Crippen LogP contribution in [0.25, 0.3) is 0 Å². The van der Waals surface area contributed by atoms with E-state index < -0.39 is 13.4 Å². The van der Waals surface area contributed by atoms with Crippen LogP contribution in [0.5, 0.6) is 0 Å². The number of halogens is 3. The lowest BCUT2D eigenvalue weighted by Gasteiger charge is -2.22. The molecule has 0 rings (SSSR count). The third kappa shape index (κ3) is 5.57. The van der Waals surface area contributed by atoms with Crippen LogP contribution < -0.4 is 0 Å². The number of nitrogens with zero attached hydrogens (tertiary/aromatic N) is 3. The van der Waals surface area contributed by atoms with Crippen molar-refractivity contribution in [2.45, 2.75) is 0 Å². The first-order chi connectivity index (χ1) is 5.49. The summed E-state index contributed by atoms with van der Waals surface area (Å²) in [5, 5.41) is 16.2. The van der Waals surface area contributed by atoms with Crippen molar-refractivity contribution in [1.82, 2.24) is 4.90 Å². The summed E-state index contributed by atoms with van der Waals surface area (Å²) in [6.45, 7) is -5.68. The van der Waals surface area contributed by atoms with E-state index in [1.165, 1.54) is 0 Å². The van der Waals surface area contributed by atoms with E-state index in [-0.39, 0.29) is 13.1 Å². The molecule has 0 aliphatic heterocycles. The fraction of sp³-hybridized carbons (Fsp3) is 0.600. The molecular formula is C5H6BF3N3-. The molecule has 0 heterocycles. The molecule has 0 saturated heterocycles. The Bertz CT molecular complexity index is 197. The van der Waals surface area contributed by atoms with Gasteiger partial charge >= 0.3 is 6.98 Å². The van der Waals surface area contributed by atoms with Crippen molar-refractivity contribution < 1.29 is 12.9 Å². The Kier molecular flexibility index (Phi) is 4.16. The summed E-state index contributed by atoms with van der Waals surface area (Å²) in [6.07, 6.45) is -1.15. The summed E-state index contributed by atoms with van der Waals surface area (Å²) < 4.78 is 35.3. The average molecular weight is 176 g/mol. The first kappa shape index (κ1) is 10.8. The highest BCUT2D eigenvalue weighted by molar-refractivity contribution is 6.58. The van der Waals surface area contributed by atoms with Gasteiger partial charge in [0.1, 0.15) is 0 Å². The predicted molar refractivity (Wildman–Crippen MR) is 36.7 cm³/mol. The van der Waals surface area contributed by atoms with E-state index in [1.54, 1.807) is 12.1 Å². The lowest BCUT2D eigenvalue weighted by molar-refractivity contribution is 0.334. The molecule has 66 valence electrons. The summed E-state index contributed by atoms with van der Waals surface area (Å²) in [4.78, 5) is 0.750. The van der Waals surface area contributed by atoms with Gasteiger partial charge in [0, 0.05) is 0 Å². The van der Waals surface area contributed by atoms with Gasteiger partial charge < -0.3 is 17.8 Å². The smallest absolute Gasteiger partial charge is 0.448 e. The maximum absolute atomic E-state index is 11.8. The Morgan fingerprint density at radius 3 is 1.75 bits per heavy atom. The summed E-state index contributed by atoms with van der Waals surface area (Å²) in [5.74, 6) is 0. The van der Waals surface area contributed by atoms with Gasteiger partial charge in [0.15, 0.2) is 0 Å². The molecule has 0 amide bonds. The third-order valence-electron chi connectivity index (χ3n) is 1.05. The summed E-state index contributed by atoms with van der Waals surface area (Å²) >= 11 is 0. The van der Waals surface area contributed by atoms with Crippen LogP contribution in [0.3, 0.4) is 0 Å². The van der Waals surface area contributed by atoms with Crippen LogP contribution in [0.1, 0.15) is 0 Å². The van der Waals surface area contributed by atoms with Crippen molar-refractivity contribution in [3.63, 3.8) is 0 Å². The monoisotopic (exact) mass is 176 g/mol. The molecule has 0 bridgehead atoms. The third-order valence-corrected chi connectivity index (χ3v) is 1.05. The van der Waals surface area contributed by atoms with E-state index in [2.05, 4.69) is 0 Å². The number of hydrogen-bond donors (Lipinski definition) is 0. The molecule has 0 aliphatic rings. The lowest BCUT2D eigenvalue weighted by Crippen LogP contribution is -2.38. The van der Waals surface area contributed by atoms with Crippen molar-refractivity contribution in [3.05, 3.63) is 0 Å². The number of hydrogen-bond acceptors (Lipinski definition) is 3. The van der Waals surface area contributed by atoms with Crippen LogP contribution in [0, 0.1) is 22.7 Å². The van der Waals surface area contributed by atoms with Crippen molar-refractivity contribution in [3.8, 4) is 12.1 Å². The minimum Gasteiger partial charge on any atom is -0.448 e. The largest absolute Gasteiger partial charge is 0.492 e. The fourth-order valence-corrected chi connectivity index (χ4v) is 0.678. The molecule has 0 aliphatic carbocycles. The minimum absolute atomic E-state index is 0.366. The molecule has 0 spiro atoms. The second-order valence-corrected chi connectivity index (χ2v) is 2.20. The zero-order valence-corrected chi connectivity index (χ0v) is 6.17. The second-order valence-electron chi connectivity index (χ2n) is 2.20. The molecule has 0 aromatic heterocycles. The Morgan fingerprint density at radius 1 is 1.08 bits per heavy atom. The van der Waals surface area contributed by atoms with Crippen LogP contribution in [0.4, 0.5) is 12.9 Å². The SMILES string of the molecule is N#CCN(CC#N)C[B-](F)(F)F. The molecule has 0 aromatic carbocycles. The van der Waals surface area contributed by atoms with Crippen LogP contribution in [0.15, 0.2) is 0 Å². The van der Waals surface area contributed by atoms with E-state index in [1.807, 2.05) is 0 Å². The van der Waals surface area contributed by atoms with Gasteiger partial charge in [-0.25, -0.2) is 0 Å². The highest BCUT2D eigenvalue weighted by Gasteiger charge is 2.25. The molecule has 12 heavy (non-hydrogen) atoms. The van der Waals surface area contributed by atoms with E-state index in [4.69, 9.17) is 10.5 Å². The van der Waals surface area contributed by atoms with Crippen LogP contribution in [-0.2, 0) is 0 Å². The van der Waals surface area contributed by atoms with Crippen molar-refractivity contribution in [2.75, 3.05) is 19.5 Å². The topological polar surface area (TPSA) is 50.8 Å². The van der Waals surface area contributed by atoms with Gasteiger partial charge in [0.05, 0.1) is 25.2 Å². The molecule has 7 heteroatoms. The average Bonchev–Trinajstić information content (AvgIpc) is 1.84. The normalized spacial score (nSPS) is 10.8. The molecule has 0 atom stereocenters. The van der Waals surface area contributed by atoms with Crippen LogP contribution in [-0.4, -0.2) is 31.4 Å². The quantitative estimate of drug-likeness (QED) is 0.468. The Balaban J connectivity index is 3.99. The molecular weight excluding hydrogens is 170 g/mol. The maximum atomic E-state index is 11.8. The van der Waals surface area contributed by atoms with Gasteiger partial charge in [0.2, 0.25) is 0 Å². The van der Waals surface area contributed by atoms with Gasteiger partial charge in [-0.2, -0.15) is 10.5 Å². The van der Waals surface area contributed by atoms with Crippen molar-refractivity contribution >= 4 is 6.98 Å². The van der Waals surface area contributed by atoms with E-state index in [0.717, 1.165) is 4.90 Å². The van der Waals surface area contributed by atoms with E-state index >= 15 is 0 Å². The van der Waals surface area contributed by atoms with Gasteiger partial charge in [0.25, 0.3) is 0 Å². The predicted octanol–water partition coefficient (Wildman–Crippen LogP) is 0.722. The summed E-state index contributed by atoms with van der Waals surface area (Å²) in [6, 6.07) is 3.12. The number of rotatable bonds is 4. The Hall–Kier alpha value is -1.21. The fourth-order valence-electron chi connectivity index (χ4n) is 0.678. The summed E-state index contributed by atoms with van der Waals surface area (Å²) in [7, 11) is 0. The Labute approximate surface area is 68.0 Å². The molecule has 3 nitrogen and oxygen atoms in total. The van der Waals surface area contributed by atoms with E-state index in [9.17, 15) is 12.9 Å². The Morgan fingerprint density at radius 2 is 1.50 bits per heavy atom. The molecule has 0 fully saturated rings. The highest BCUT2D eigenvalue weighted by Crippen LogP contribution is 2.09. The van der Waals surface area contributed by atoms with Crippen LogP contribution >= 0.6 is 0 Å². The van der Waals surface area contributed by atoms with Gasteiger partial charge in [-0.1, -0.05) is 0 Å². The zero-order chi connectivity index (χ0) is 9.61. The minimum atomic E-state index is -4.95. The summed E-state index contributed by atoms with van der Waals surface area (Å²) in [5.41, 5.74) is 0. The lowest BCUT2D eigenvalue weighted by atomic mass is 9.91. The molecule has 0 saturated carbocycles. The first-order valence-electron chi connectivity index (χ1n) is 3.17. The maximum Gasteiger partial charge on any atom is 0.492 e. The molecule has 0 aromatic rings.